The van der Waals surface area contributed by atoms with Crippen molar-refractivity contribution in [3.63, 3.8) is 0 Å². The molecule has 0 saturated heterocycles. The van der Waals surface area contributed by atoms with E-state index in [1.54, 1.807) is 6.20 Å². The van der Waals surface area contributed by atoms with E-state index in [1.165, 1.54) is 0 Å². The maximum Gasteiger partial charge on any atom is 0.226 e. The van der Waals surface area contributed by atoms with Crippen molar-refractivity contribution in [1.82, 2.24) is 4.98 Å². The quantitative estimate of drug-likeness (QED) is 0.668. The van der Waals surface area contributed by atoms with Crippen LogP contribution in [0.3, 0.4) is 0 Å². The third kappa shape index (κ3) is 3.92. The van der Waals surface area contributed by atoms with Crippen molar-refractivity contribution < 1.29 is 4.79 Å². The molecule has 1 amide bonds. The number of nitrogens with zero attached hydrogens (tertiary/aromatic N) is 1. The van der Waals surface area contributed by atoms with Crippen LogP contribution in [0.2, 0.25) is 0 Å². The fraction of sp³-hybridized carbons (Fsp3) is 0.158. The normalized spacial score (nSPS) is 10.6. The Bertz CT molecular complexity index is 874. The number of aryl methyl sites for hydroxylation is 1. The van der Waals surface area contributed by atoms with Gasteiger partial charge in [-0.1, -0.05) is 34.1 Å². The molecule has 122 valence electrons. The molecule has 4 nitrogen and oxygen atoms in total. The van der Waals surface area contributed by atoms with Gasteiger partial charge in [-0.05, 0) is 42.8 Å². The van der Waals surface area contributed by atoms with Crippen LogP contribution >= 0.6 is 15.9 Å². The molecule has 0 radical (unpaired) electrons. The Morgan fingerprint density at radius 2 is 2.00 bits per heavy atom. The van der Waals surface area contributed by atoms with Crippen LogP contribution in [0.5, 0.6) is 0 Å². The van der Waals surface area contributed by atoms with Crippen LogP contribution in [0.25, 0.3) is 10.9 Å². The van der Waals surface area contributed by atoms with Gasteiger partial charge in [-0.3, -0.25) is 9.78 Å². The molecule has 2 aromatic carbocycles. The number of amides is 1. The van der Waals surface area contributed by atoms with Gasteiger partial charge in [0.05, 0.1) is 11.2 Å². The summed E-state index contributed by atoms with van der Waals surface area (Å²) in [5.41, 5.74) is 3.77. The second-order valence-electron chi connectivity index (χ2n) is 5.57. The zero-order valence-electron chi connectivity index (χ0n) is 13.3. The number of pyridine rings is 1. The number of fused-ring (bicyclic) bond motifs is 1. The Morgan fingerprint density at radius 1 is 1.17 bits per heavy atom. The van der Waals surface area contributed by atoms with Gasteiger partial charge in [-0.15, -0.1) is 0 Å². The Labute approximate surface area is 149 Å². The second kappa shape index (κ2) is 7.45. The molecule has 0 unspecified atom stereocenters. The summed E-state index contributed by atoms with van der Waals surface area (Å²) < 4.78 is 1.03. The minimum atomic E-state index is -0.0163. The van der Waals surface area contributed by atoms with Gasteiger partial charge in [0.15, 0.2) is 0 Å². The highest BCUT2D eigenvalue weighted by atomic mass is 79.9. The minimum Gasteiger partial charge on any atom is -0.383 e. The molecule has 1 aromatic heterocycles. The van der Waals surface area contributed by atoms with Crippen LogP contribution in [-0.4, -0.2) is 17.4 Å². The maximum absolute atomic E-state index is 12.1. The third-order valence-electron chi connectivity index (χ3n) is 3.74. The average Bonchev–Trinajstić information content (AvgIpc) is 2.58. The van der Waals surface area contributed by atoms with Crippen LogP contribution in [0.4, 0.5) is 11.4 Å². The summed E-state index contributed by atoms with van der Waals surface area (Å²) in [7, 11) is 0. The molecular weight excluding hydrogens is 366 g/mol. The molecule has 3 aromatic rings. The van der Waals surface area contributed by atoms with Crippen LogP contribution < -0.4 is 10.6 Å². The summed E-state index contributed by atoms with van der Waals surface area (Å²) in [6.45, 7) is 2.55. The topological polar surface area (TPSA) is 54.0 Å². The highest BCUT2D eigenvalue weighted by molar-refractivity contribution is 9.10. The predicted molar refractivity (Wildman–Crippen MR) is 102 cm³/mol. The number of rotatable bonds is 5. The molecule has 5 heteroatoms. The van der Waals surface area contributed by atoms with E-state index in [2.05, 4.69) is 31.5 Å². The SMILES string of the molecule is Cc1cc(NC(=O)CCNc2cccc3cccnc23)ccc1Br. The van der Waals surface area contributed by atoms with Crippen molar-refractivity contribution in [2.24, 2.45) is 0 Å². The fourth-order valence-electron chi connectivity index (χ4n) is 2.50. The van der Waals surface area contributed by atoms with Crippen molar-refractivity contribution in [1.29, 1.82) is 0 Å². The first-order valence-electron chi connectivity index (χ1n) is 7.77. The van der Waals surface area contributed by atoms with Gasteiger partial charge in [0, 0.05) is 34.7 Å². The van der Waals surface area contributed by atoms with Crippen molar-refractivity contribution >= 4 is 44.1 Å². The van der Waals surface area contributed by atoms with E-state index in [4.69, 9.17) is 0 Å². The standard InChI is InChI=1S/C19H18BrN3O/c1-13-12-15(7-8-16(13)20)23-18(24)9-11-21-17-6-2-4-14-5-3-10-22-19(14)17/h2-8,10,12,21H,9,11H2,1H3,(H,23,24). The predicted octanol–water partition coefficient (Wildman–Crippen LogP) is 4.75. The number of para-hydroxylation sites is 1. The Balaban J connectivity index is 1.57. The smallest absolute Gasteiger partial charge is 0.226 e. The van der Waals surface area contributed by atoms with E-state index in [0.29, 0.717) is 13.0 Å². The summed E-state index contributed by atoms with van der Waals surface area (Å²) in [6, 6.07) is 15.7. The molecule has 3 rings (SSSR count). The number of carbonyl (C=O) groups excluding carboxylic acids is 1. The minimum absolute atomic E-state index is 0.0163. The van der Waals surface area contributed by atoms with Crippen LogP contribution in [0.1, 0.15) is 12.0 Å². The molecule has 2 N–H and O–H groups in total. The third-order valence-corrected chi connectivity index (χ3v) is 4.63. The molecular formula is C19H18BrN3O. The lowest BCUT2D eigenvalue weighted by Gasteiger charge is -2.10. The van der Waals surface area contributed by atoms with E-state index in [-0.39, 0.29) is 5.91 Å². The van der Waals surface area contributed by atoms with E-state index in [9.17, 15) is 4.79 Å². The molecule has 1 heterocycles. The van der Waals surface area contributed by atoms with E-state index < -0.39 is 0 Å². The highest BCUT2D eigenvalue weighted by Gasteiger charge is 2.05. The molecule has 0 saturated carbocycles. The number of benzene rings is 2. The van der Waals surface area contributed by atoms with Gasteiger partial charge in [0.2, 0.25) is 5.91 Å². The van der Waals surface area contributed by atoms with E-state index >= 15 is 0 Å². The summed E-state index contributed by atoms with van der Waals surface area (Å²) >= 11 is 3.45. The summed E-state index contributed by atoms with van der Waals surface area (Å²) in [5.74, 6) is -0.0163. The van der Waals surface area contributed by atoms with Gasteiger partial charge >= 0.3 is 0 Å². The number of hydrogen-bond donors (Lipinski definition) is 2. The number of hydrogen-bond acceptors (Lipinski definition) is 3. The number of carbonyl (C=O) groups is 1. The van der Waals surface area contributed by atoms with E-state index in [1.807, 2.05) is 55.5 Å². The van der Waals surface area contributed by atoms with Gasteiger partial charge in [0.1, 0.15) is 0 Å². The Hall–Kier alpha value is -2.40. The fourth-order valence-corrected chi connectivity index (χ4v) is 2.75. The first-order valence-corrected chi connectivity index (χ1v) is 8.56. The molecule has 0 aliphatic carbocycles. The number of halogens is 1. The largest absolute Gasteiger partial charge is 0.383 e. The molecule has 0 aliphatic heterocycles. The summed E-state index contributed by atoms with van der Waals surface area (Å²) in [5, 5.41) is 7.29. The van der Waals surface area contributed by atoms with Crippen LogP contribution in [0, 0.1) is 6.92 Å². The highest BCUT2D eigenvalue weighted by Crippen LogP contribution is 2.21. The lowest BCUT2D eigenvalue weighted by molar-refractivity contribution is -0.115. The number of nitrogens with one attached hydrogen (secondary N) is 2. The molecule has 0 spiro atoms. The van der Waals surface area contributed by atoms with Gasteiger partial charge < -0.3 is 10.6 Å². The number of anilines is 2. The van der Waals surface area contributed by atoms with Gasteiger partial charge in [0.25, 0.3) is 0 Å². The molecule has 0 bridgehead atoms. The lowest BCUT2D eigenvalue weighted by atomic mass is 10.2. The van der Waals surface area contributed by atoms with Crippen molar-refractivity contribution in [2.75, 3.05) is 17.2 Å². The maximum atomic E-state index is 12.1. The summed E-state index contributed by atoms with van der Waals surface area (Å²) in [4.78, 5) is 16.5. The van der Waals surface area contributed by atoms with Gasteiger partial charge in [-0.25, -0.2) is 0 Å². The van der Waals surface area contributed by atoms with Crippen molar-refractivity contribution in [3.8, 4) is 0 Å². The Morgan fingerprint density at radius 3 is 2.83 bits per heavy atom. The zero-order valence-corrected chi connectivity index (χ0v) is 14.9. The molecule has 0 fully saturated rings. The van der Waals surface area contributed by atoms with Crippen molar-refractivity contribution in [3.05, 3.63) is 64.8 Å². The first-order chi connectivity index (χ1) is 11.6. The lowest BCUT2D eigenvalue weighted by Crippen LogP contribution is -2.16. The summed E-state index contributed by atoms with van der Waals surface area (Å²) in [6.07, 6.45) is 2.16. The molecule has 0 atom stereocenters. The van der Waals surface area contributed by atoms with Crippen LogP contribution in [-0.2, 0) is 4.79 Å². The van der Waals surface area contributed by atoms with Crippen molar-refractivity contribution in [2.45, 2.75) is 13.3 Å². The molecule has 0 aliphatic rings. The average molecular weight is 384 g/mol. The number of aromatic nitrogens is 1. The zero-order chi connectivity index (χ0) is 16.9. The van der Waals surface area contributed by atoms with Gasteiger partial charge in [-0.2, -0.15) is 0 Å². The van der Waals surface area contributed by atoms with Crippen LogP contribution in [0.15, 0.2) is 59.2 Å². The van der Waals surface area contributed by atoms with E-state index in [0.717, 1.165) is 32.3 Å². The first kappa shape index (κ1) is 16.5. The second-order valence-corrected chi connectivity index (χ2v) is 6.42. The Kier molecular flexibility index (Phi) is 5.11. The monoisotopic (exact) mass is 383 g/mol. The molecule has 24 heavy (non-hydrogen) atoms.